The molecule has 0 unspecified atom stereocenters. The molecule has 0 amide bonds. The van der Waals surface area contributed by atoms with Crippen LogP contribution >= 0.6 is 0 Å². The first-order chi connectivity index (χ1) is 9.22. The molecule has 2 rings (SSSR count). The molecule has 3 heteroatoms. The summed E-state index contributed by atoms with van der Waals surface area (Å²) in [7, 11) is 1.66. The Morgan fingerprint density at radius 2 is 1.63 bits per heavy atom. The fourth-order valence-electron chi connectivity index (χ4n) is 2.78. The molecule has 1 heterocycles. The van der Waals surface area contributed by atoms with Crippen LogP contribution in [0.15, 0.2) is 24.3 Å². The van der Waals surface area contributed by atoms with E-state index in [0.29, 0.717) is 0 Å². The molecule has 1 aromatic rings. The molecular formula is C16H25NO2. The molecule has 1 fully saturated rings. The number of nitrogens with zero attached hydrogens (tertiary/aromatic N) is 1. The Labute approximate surface area is 116 Å². The van der Waals surface area contributed by atoms with Gasteiger partial charge in [-0.3, -0.25) is 4.90 Å². The van der Waals surface area contributed by atoms with Crippen LogP contribution in [0, 0.1) is 0 Å². The van der Waals surface area contributed by atoms with E-state index in [2.05, 4.69) is 11.8 Å². The number of hydrogen-bond acceptors (Lipinski definition) is 3. The molecule has 0 bridgehead atoms. The predicted octanol–water partition coefficient (Wildman–Crippen LogP) is 2.99. The Bertz CT molecular complexity index is 369. The summed E-state index contributed by atoms with van der Waals surface area (Å²) < 4.78 is 5.15. The number of hydrogen-bond donors (Lipinski definition) is 1. The summed E-state index contributed by atoms with van der Waals surface area (Å²) in [5, 5.41) is 10.5. The van der Waals surface area contributed by atoms with Gasteiger partial charge in [-0.1, -0.05) is 25.0 Å². The first-order valence-electron chi connectivity index (χ1n) is 7.28. The standard InChI is InChI=1S/C16H25NO2/c1-13(17-11-5-3-4-6-12-17)16(18)14-7-9-15(19-2)10-8-14/h7-10,13,16,18H,3-6,11-12H2,1-2H3/t13-,16-/m1/s1. The van der Waals surface area contributed by atoms with E-state index in [1.807, 2.05) is 24.3 Å². The molecule has 1 aliphatic rings. The van der Waals surface area contributed by atoms with Gasteiger partial charge in [0.1, 0.15) is 5.75 Å². The monoisotopic (exact) mass is 263 g/mol. The lowest BCUT2D eigenvalue weighted by molar-refractivity contribution is 0.0597. The smallest absolute Gasteiger partial charge is 0.118 e. The molecule has 0 radical (unpaired) electrons. The summed E-state index contributed by atoms with van der Waals surface area (Å²) >= 11 is 0. The largest absolute Gasteiger partial charge is 0.497 e. The van der Waals surface area contributed by atoms with Crippen LogP contribution in [0.1, 0.15) is 44.3 Å². The highest BCUT2D eigenvalue weighted by molar-refractivity contribution is 5.29. The molecule has 0 saturated carbocycles. The Kier molecular flexibility index (Phi) is 5.23. The molecule has 1 aliphatic heterocycles. The number of ether oxygens (including phenoxy) is 1. The molecule has 1 aromatic carbocycles. The number of aliphatic hydroxyl groups excluding tert-OH is 1. The maximum absolute atomic E-state index is 10.5. The summed E-state index contributed by atoms with van der Waals surface area (Å²) in [5.74, 6) is 0.832. The van der Waals surface area contributed by atoms with Gasteiger partial charge in [0, 0.05) is 6.04 Å². The first kappa shape index (κ1) is 14.4. The lowest BCUT2D eigenvalue weighted by Gasteiger charge is -2.31. The molecule has 0 spiro atoms. The number of likely N-dealkylation sites (tertiary alicyclic amines) is 1. The van der Waals surface area contributed by atoms with Crippen molar-refractivity contribution in [3.8, 4) is 5.75 Å². The highest BCUT2D eigenvalue weighted by Crippen LogP contribution is 2.24. The Hall–Kier alpha value is -1.06. The number of rotatable bonds is 4. The van der Waals surface area contributed by atoms with Gasteiger partial charge in [-0.2, -0.15) is 0 Å². The molecule has 19 heavy (non-hydrogen) atoms. The van der Waals surface area contributed by atoms with Gasteiger partial charge in [0.05, 0.1) is 13.2 Å². The topological polar surface area (TPSA) is 32.7 Å². The zero-order valence-electron chi connectivity index (χ0n) is 12.0. The SMILES string of the molecule is COc1ccc([C@H](O)[C@@H](C)N2CCCCCC2)cc1. The van der Waals surface area contributed by atoms with Crippen LogP contribution in [0.4, 0.5) is 0 Å². The second kappa shape index (κ2) is 6.92. The van der Waals surface area contributed by atoms with Gasteiger partial charge in [-0.15, -0.1) is 0 Å². The van der Waals surface area contributed by atoms with E-state index in [4.69, 9.17) is 4.74 Å². The van der Waals surface area contributed by atoms with Crippen molar-refractivity contribution in [3.05, 3.63) is 29.8 Å². The van der Waals surface area contributed by atoms with Crippen molar-refractivity contribution < 1.29 is 9.84 Å². The Balaban J connectivity index is 2.01. The normalized spacial score (nSPS) is 20.6. The molecular weight excluding hydrogens is 238 g/mol. The lowest BCUT2D eigenvalue weighted by atomic mass is 10.0. The predicted molar refractivity (Wildman–Crippen MR) is 77.5 cm³/mol. The number of methoxy groups -OCH3 is 1. The van der Waals surface area contributed by atoms with E-state index in [-0.39, 0.29) is 6.04 Å². The molecule has 0 aromatic heterocycles. The van der Waals surface area contributed by atoms with Gasteiger partial charge in [0.2, 0.25) is 0 Å². The molecule has 2 atom stereocenters. The first-order valence-corrected chi connectivity index (χ1v) is 7.28. The van der Waals surface area contributed by atoms with E-state index in [0.717, 1.165) is 24.4 Å². The van der Waals surface area contributed by atoms with Crippen LogP contribution in [0.5, 0.6) is 5.75 Å². The third-order valence-electron chi connectivity index (χ3n) is 4.13. The second-order valence-electron chi connectivity index (χ2n) is 5.41. The molecule has 106 valence electrons. The van der Waals surface area contributed by atoms with E-state index in [1.165, 1.54) is 25.7 Å². The zero-order chi connectivity index (χ0) is 13.7. The van der Waals surface area contributed by atoms with Crippen LogP contribution in [-0.2, 0) is 0 Å². The van der Waals surface area contributed by atoms with E-state index >= 15 is 0 Å². The summed E-state index contributed by atoms with van der Waals surface area (Å²) in [6.07, 6.45) is 4.72. The maximum Gasteiger partial charge on any atom is 0.118 e. The quantitative estimate of drug-likeness (QED) is 0.906. The third-order valence-corrected chi connectivity index (χ3v) is 4.13. The highest BCUT2D eigenvalue weighted by Gasteiger charge is 2.23. The Morgan fingerprint density at radius 1 is 1.05 bits per heavy atom. The van der Waals surface area contributed by atoms with Crippen LogP contribution in [0.2, 0.25) is 0 Å². The van der Waals surface area contributed by atoms with Gasteiger partial charge < -0.3 is 9.84 Å². The van der Waals surface area contributed by atoms with E-state index in [1.54, 1.807) is 7.11 Å². The van der Waals surface area contributed by atoms with Crippen molar-refractivity contribution in [2.24, 2.45) is 0 Å². The lowest BCUT2D eigenvalue weighted by Crippen LogP contribution is -2.38. The number of aliphatic hydroxyl groups is 1. The van der Waals surface area contributed by atoms with Crippen molar-refractivity contribution in [2.75, 3.05) is 20.2 Å². The fourth-order valence-corrected chi connectivity index (χ4v) is 2.78. The number of benzene rings is 1. The van der Waals surface area contributed by atoms with Gasteiger partial charge in [-0.25, -0.2) is 0 Å². The van der Waals surface area contributed by atoms with Gasteiger partial charge in [0.25, 0.3) is 0 Å². The maximum atomic E-state index is 10.5. The molecule has 1 N–H and O–H groups in total. The van der Waals surface area contributed by atoms with Gasteiger partial charge in [0.15, 0.2) is 0 Å². The minimum Gasteiger partial charge on any atom is -0.497 e. The van der Waals surface area contributed by atoms with Crippen LogP contribution < -0.4 is 4.74 Å². The summed E-state index contributed by atoms with van der Waals surface area (Å²) in [5.41, 5.74) is 0.970. The average Bonchev–Trinajstić information content (AvgIpc) is 2.75. The van der Waals surface area contributed by atoms with Crippen LogP contribution in [0.3, 0.4) is 0 Å². The Morgan fingerprint density at radius 3 is 2.16 bits per heavy atom. The molecule has 3 nitrogen and oxygen atoms in total. The van der Waals surface area contributed by atoms with Crippen molar-refractivity contribution in [2.45, 2.75) is 44.8 Å². The van der Waals surface area contributed by atoms with Crippen LogP contribution in [-0.4, -0.2) is 36.2 Å². The highest BCUT2D eigenvalue weighted by atomic mass is 16.5. The summed E-state index contributed by atoms with van der Waals surface area (Å²) in [6, 6.07) is 7.91. The average molecular weight is 263 g/mol. The van der Waals surface area contributed by atoms with E-state index in [9.17, 15) is 5.11 Å². The van der Waals surface area contributed by atoms with E-state index < -0.39 is 6.10 Å². The van der Waals surface area contributed by atoms with Gasteiger partial charge >= 0.3 is 0 Å². The summed E-state index contributed by atoms with van der Waals surface area (Å²) in [4.78, 5) is 2.42. The van der Waals surface area contributed by atoms with Crippen molar-refractivity contribution in [1.82, 2.24) is 4.90 Å². The fraction of sp³-hybridized carbons (Fsp3) is 0.625. The third kappa shape index (κ3) is 3.71. The van der Waals surface area contributed by atoms with Crippen molar-refractivity contribution >= 4 is 0 Å². The summed E-state index contributed by atoms with van der Waals surface area (Å²) in [6.45, 7) is 4.34. The van der Waals surface area contributed by atoms with Crippen molar-refractivity contribution in [1.29, 1.82) is 0 Å². The van der Waals surface area contributed by atoms with Gasteiger partial charge in [-0.05, 0) is 50.6 Å². The van der Waals surface area contributed by atoms with Crippen molar-refractivity contribution in [3.63, 3.8) is 0 Å². The van der Waals surface area contributed by atoms with Crippen LogP contribution in [0.25, 0.3) is 0 Å². The second-order valence-corrected chi connectivity index (χ2v) is 5.41. The zero-order valence-corrected chi connectivity index (χ0v) is 12.0. The minimum atomic E-state index is -0.427. The minimum absolute atomic E-state index is 0.173. The molecule has 1 saturated heterocycles. The molecule has 0 aliphatic carbocycles.